The third kappa shape index (κ3) is 2.84. The molecule has 0 amide bonds. The van der Waals surface area contributed by atoms with E-state index in [9.17, 15) is 4.79 Å². The lowest BCUT2D eigenvalue weighted by atomic mass is 10.2. The van der Waals surface area contributed by atoms with E-state index in [1.165, 1.54) is 4.57 Å². The highest BCUT2D eigenvalue weighted by atomic mass is 79.9. The van der Waals surface area contributed by atoms with Crippen LogP contribution in [0, 0.1) is 0 Å². The Morgan fingerprint density at radius 3 is 2.74 bits per heavy atom. The van der Waals surface area contributed by atoms with E-state index in [0.29, 0.717) is 11.0 Å². The largest absolute Gasteiger partial charge is 0.443 e. The van der Waals surface area contributed by atoms with Crippen LogP contribution in [-0.2, 0) is 10.1 Å². The Morgan fingerprint density at radius 1 is 1.47 bits per heavy atom. The van der Waals surface area contributed by atoms with Gasteiger partial charge in [-0.15, -0.1) is 0 Å². The average molecular weight is 390 g/mol. The molecule has 0 fully saturated rings. The molecule has 2 heterocycles. The molecule has 0 bridgehead atoms. The van der Waals surface area contributed by atoms with Crippen LogP contribution in [0.15, 0.2) is 22.8 Å². The summed E-state index contributed by atoms with van der Waals surface area (Å²) in [4.78, 5) is 16.6. The maximum atomic E-state index is 12.3. The zero-order valence-electron chi connectivity index (χ0n) is 10.9. The Kier molecular flexibility index (Phi) is 4.01. The number of carbonyl (C=O) groups excluding carboxylic acids is 1. The zero-order chi connectivity index (χ0) is 14.2. The van der Waals surface area contributed by atoms with Crippen LogP contribution < -0.4 is 0 Å². The maximum Gasteiger partial charge on any atom is 0.420 e. The fourth-order valence-corrected chi connectivity index (χ4v) is 3.28. The highest BCUT2D eigenvalue weighted by molar-refractivity contribution is 9.11. The predicted octanol–water partition coefficient (Wildman–Crippen LogP) is 4.48. The van der Waals surface area contributed by atoms with Gasteiger partial charge in [0.1, 0.15) is 5.60 Å². The van der Waals surface area contributed by atoms with Crippen molar-refractivity contribution in [2.75, 3.05) is 0 Å². The number of ether oxygens (including phenoxy) is 1. The number of aromatic nitrogens is 2. The topological polar surface area (TPSA) is 44.1 Å². The maximum absolute atomic E-state index is 12.3. The lowest BCUT2D eigenvalue weighted by molar-refractivity contribution is 0.0540. The Balaban J connectivity index is 2.62. The minimum Gasteiger partial charge on any atom is -0.443 e. The van der Waals surface area contributed by atoms with Crippen molar-refractivity contribution < 1.29 is 9.53 Å². The summed E-state index contributed by atoms with van der Waals surface area (Å²) in [5, 5.41) is 1.42. The first kappa shape index (κ1) is 14.5. The standard InChI is InChI=1S/C13H14Br2N2O2/c1-13(2,3)19-12(18)17-9(7-14)10(15)8-5-4-6-16-11(8)17/h4-6H,7H2,1-3H3. The van der Waals surface area contributed by atoms with Crippen LogP contribution in [0.3, 0.4) is 0 Å². The van der Waals surface area contributed by atoms with E-state index >= 15 is 0 Å². The first-order chi connectivity index (χ1) is 8.85. The zero-order valence-corrected chi connectivity index (χ0v) is 14.1. The Labute approximate surface area is 128 Å². The van der Waals surface area contributed by atoms with Crippen LogP contribution in [0.4, 0.5) is 4.79 Å². The molecule has 19 heavy (non-hydrogen) atoms. The number of carbonyl (C=O) groups is 1. The van der Waals surface area contributed by atoms with Gasteiger partial charge >= 0.3 is 6.09 Å². The monoisotopic (exact) mass is 388 g/mol. The van der Waals surface area contributed by atoms with Gasteiger partial charge in [-0.05, 0) is 48.8 Å². The van der Waals surface area contributed by atoms with Crippen molar-refractivity contribution in [1.82, 2.24) is 9.55 Å². The molecule has 4 nitrogen and oxygen atoms in total. The van der Waals surface area contributed by atoms with Gasteiger partial charge in [-0.1, -0.05) is 15.9 Å². The third-order valence-electron chi connectivity index (χ3n) is 2.46. The van der Waals surface area contributed by atoms with E-state index in [0.717, 1.165) is 15.6 Å². The fraction of sp³-hybridized carbons (Fsp3) is 0.385. The van der Waals surface area contributed by atoms with Gasteiger partial charge < -0.3 is 4.74 Å². The summed E-state index contributed by atoms with van der Waals surface area (Å²) < 4.78 is 7.79. The molecule has 0 aliphatic rings. The summed E-state index contributed by atoms with van der Waals surface area (Å²) in [6.45, 7) is 5.52. The summed E-state index contributed by atoms with van der Waals surface area (Å²) in [6, 6.07) is 3.75. The van der Waals surface area contributed by atoms with Crippen LogP contribution in [0.25, 0.3) is 11.0 Å². The quantitative estimate of drug-likeness (QED) is 0.675. The van der Waals surface area contributed by atoms with Crippen molar-refractivity contribution in [3.63, 3.8) is 0 Å². The molecule has 0 radical (unpaired) electrons. The van der Waals surface area contributed by atoms with E-state index < -0.39 is 11.7 Å². The van der Waals surface area contributed by atoms with Crippen LogP contribution in [0.5, 0.6) is 0 Å². The van der Waals surface area contributed by atoms with Gasteiger partial charge in [0.25, 0.3) is 0 Å². The molecule has 0 atom stereocenters. The summed E-state index contributed by atoms with van der Waals surface area (Å²) in [7, 11) is 0. The minimum absolute atomic E-state index is 0.420. The SMILES string of the molecule is CC(C)(C)OC(=O)n1c(CBr)c(Br)c2cccnc21. The smallest absolute Gasteiger partial charge is 0.420 e. The average Bonchev–Trinajstić information content (AvgIpc) is 2.60. The highest BCUT2D eigenvalue weighted by Crippen LogP contribution is 2.31. The minimum atomic E-state index is -0.543. The molecule has 0 saturated carbocycles. The Morgan fingerprint density at radius 2 is 2.16 bits per heavy atom. The van der Waals surface area contributed by atoms with Crippen molar-refractivity contribution >= 4 is 49.0 Å². The summed E-state index contributed by atoms with van der Waals surface area (Å²) in [5.74, 6) is 0. The number of pyridine rings is 1. The van der Waals surface area contributed by atoms with Crippen molar-refractivity contribution in [2.24, 2.45) is 0 Å². The third-order valence-corrected chi connectivity index (χ3v) is 3.88. The number of fused-ring (bicyclic) bond motifs is 1. The fourth-order valence-electron chi connectivity index (χ4n) is 1.75. The van der Waals surface area contributed by atoms with E-state index in [1.807, 2.05) is 32.9 Å². The van der Waals surface area contributed by atoms with Gasteiger partial charge in [-0.2, -0.15) is 0 Å². The second kappa shape index (κ2) is 5.25. The van der Waals surface area contributed by atoms with E-state index in [-0.39, 0.29) is 0 Å². The molecule has 6 heteroatoms. The lowest BCUT2D eigenvalue weighted by Crippen LogP contribution is -2.28. The highest BCUT2D eigenvalue weighted by Gasteiger charge is 2.24. The van der Waals surface area contributed by atoms with E-state index in [1.54, 1.807) is 6.20 Å². The van der Waals surface area contributed by atoms with Gasteiger partial charge in [0, 0.05) is 21.4 Å². The summed E-state index contributed by atoms with van der Waals surface area (Å²) >= 11 is 6.91. The Bertz CT molecular complexity index is 629. The first-order valence-electron chi connectivity index (χ1n) is 5.78. The second-order valence-corrected chi connectivity index (χ2v) is 6.44. The van der Waals surface area contributed by atoms with Gasteiger partial charge in [-0.3, -0.25) is 0 Å². The van der Waals surface area contributed by atoms with Crippen molar-refractivity contribution in [3.05, 3.63) is 28.5 Å². The molecular weight excluding hydrogens is 376 g/mol. The predicted molar refractivity (Wildman–Crippen MR) is 81.7 cm³/mol. The number of halogens is 2. The molecule has 0 spiro atoms. The van der Waals surface area contributed by atoms with Crippen LogP contribution in [0.1, 0.15) is 26.5 Å². The van der Waals surface area contributed by atoms with Crippen molar-refractivity contribution in [3.8, 4) is 0 Å². The second-order valence-electron chi connectivity index (χ2n) is 5.08. The van der Waals surface area contributed by atoms with Crippen LogP contribution in [0.2, 0.25) is 0 Å². The molecule has 0 aromatic carbocycles. The lowest BCUT2D eigenvalue weighted by Gasteiger charge is -2.20. The molecular formula is C13H14Br2N2O2. The normalized spacial score (nSPS) is 11.8. The summed E-state index contributed by atoms with van der Waals surface area (Å²) in [5.41, 5.74) is 0.847. The number of nitrogens with zero attached hydrogens (tertiary/aromatic N) is 2. The van der Waals surface area contributed by atoms with Gasteiger partial charge in [0.15, 0.2) is 5.65 Å². The van der Waals surface area contributed by atoms with Crippen LogP contribution in [-0.4, -0.2) is 21.2 Å². The number of hydrogen-bond acceptors (Lipinski definition) is 3. The van der Waals surface area contributed by atoms with Gasteiger partial charge in [0.2, 0.25) is 0 Å². The number of rotatable bonds is 1. The molecule has 2 aromatic heterocycles. The van der Waals surface area contributed by atoms with Crippen LogP contribution >= 0.6 is 31.9 Å². The molecule has 0 saturated heterocycles. The first-order valence-corrected chi connectivity index (χ1v) is 7.69. The van der Waals surface area contributed by atoms with Crippen molar-refractivity contribution in [1.29, 1.82) is 0 Å². The molecule has 0 N–H and O–H groups in total. The molecule has 2 aromatic rings. The molecule has 0 unspecified atom stereocenters. The number of hydrogen-bond donors (Lipinski definition) is 0. The number of alkyl halides is 1. The van der Waals surface area contributed by atoms with Gasteiger partial charge in [-0.25, -0.2) is 14.3 Å². The molecule has 0 aliphatic heterocycles. The van der Waals surface area contributed by atoms with E-state index in [4.69, 9.17) is 4.74 Å². The Hall–Kier alpha value is -0.880. The molecule has 2 rings (SSSR count). The molecule has 0 aliphatic carbocycles. The van der Waals surface area contributed by atoms with Crippen molar-refractivity contribution in [2.45, 2.75) is 31.7 Å². The van der Waals surface area contributed by atoms with Gasteiger partial charge in [0.05, 0.1) is 5.69 Å². The molecule has 102 valence electrons. The van der Waals surface area contributed by atoms with E-state index in [2.05, 4.69) is 36.8 Å². The summed E-state index contributed by atoms with van der Waals surface area (Å²) in [6.07, 6.45) is 1.24.